The van der Waals surface area contributed by atoms with Crippen molar-refractivity contribution in [3.63, 3.8) is 0 Å². The molecule has 7 nitrogen and oxygen atoms in total. The Kier molecular flexibility index (Phi) is 4.66. The molecule has 1 aliphatic heterocycles. The molecule has 1 saturated heterocycles. The number of rotatable bonds is 4. The predicted molar refractivity (Wildman–Crippen MR) is 82.4 cm³/mol. The van der Waals surface area contributed by atoms with Crippen molar-refractivity contribution in [2.45, 2.75) is 38.9 Å². The van der Waals surface area contributed by atoms with Gasteiger partial charge in [0, 0.05) is 43.9 Å². The van der Waals surface area contributed by atoms with E-state index in [-0.39, 0.29) is 18.1 Å². The van der Waals surface area contributed by atoms with Gasteiger partial charge in [-0.2, -0.15) is 4.98 Å². The van der Waals surface area contributed by atoms with Crippen LogP contribution in [0, 0.1) is 0 Å². The molecule has 3 rings (SSSR count). The highest BCUT2D eigenvalue weighted by atomic mass is 16.5. The van der Waals surface area contributed by atoms with Gasteiger partial charge in [0.2, 0.25) is 17.6 Å². The fourth-order valence-electron chi connectivity index (χ4n) is 2.73. The van der Waals surface area contributed by atoms with Gasteiger partial charge in [0.05, 0.1) is 12.2 Å². The molecular weight excluding hydrogens is 296 g/mol. The average Bonchev–Trinajstić information content (AvgIpc) is 3.01. The van der Waals surface area contributed by atoms with E-state index in [1.165, 1.54) is 0 Å². The van der Waals surface area contributed by atoms with Crippen molar-refractivity contribution >= 4 is 5.91 Å². The third-order valence-electron chi connectivity index (χ3n) is 3.73. The van der Waals surface area contributed by atoms with Gasteiger partial charge in [0.15, 0.2) is 0 Å². The van der Waals surface area contributed by atoms with Gasteiger partial charge in [-0.1, -0.05) is 5.16 Å². The second-order valence-corrected chi connectivity index (χ2v) is 5.80. The molecule has 2 aromatic rings. The van der Waals surface area contributed by atoms with E-state index in [4.69, 9.17) is 9.26 Å². The molecule has 1 amide bonds. The molecule has 0 radical (unpaired) electrons. The molecule has 0 unspecified atom stereocenters. The first-order valence-corrected chi connectivity index (χ1v) is 7.78. The summed E-state index contributed by atoms with van der Waals surface area (Å²) in [6.07, 6.45) is 4.30. The van der Waals surface area contributed by atoms with Crippen LogP contribution in [0.25, 0.3) is 11.4 Å². The van der Waals surface area contributed by atoms with Gasteiger partial charge in [-0.25, -0.2) is 0 Å². The SMILES string of the molecule is C[C@H]1CN(C(=O)CCc2nc(-c3ccncc3)no2)C[C@H](C)O1. The third-order valence-corrected chi connectivity index (χ3v) is 3.73. The smallest absolute Gasteiger partial charge is 0.227 e. The molecule has 122 valence electrons. The van der Waals surface area contributed by atoms with E-state index < -0.39 is 0 Å². The predicted octanol–water partition coefficient (Wildman–Crippen LogP) is 1.70. The minimum Gasteiger partial charge on any atom is -0.372 e. The first-order chi connectivity index (χ1) is 11.1. The molecule has 1 fully saturated rings. The molecular formula is C16H20N4O3. The van der Waals surface area contributed by atoms with Crippen LogP contribution < -0.4 is 0 Å². The molecule has 2 aromatic heterocycles. The minimum atomic E-state index is 0.0735. The molecule has 1 aliphatic rings. The summed E-state index contributed by atoms with van der Waals surface area (Å²) in [4.78, 5) is 22.4. The second-order valence-electron chi connectivity index (χ2n) is 5.80. The maximum absolute atomic E-state index is 12.3. The monoisotopic (exact) mass is 316 g/mol. The lowest BCUT2D eigenvalue weighted by atomic mass is 10.2. The molecule has 0 saturated carbocycles. The largest absolute Gasteiger partial charge is 0.372 e. The number of amides is 1. The van der Waals surface area contributed by atoms with E-state index in [1.807, 2.05) is 30.9 Å². The van der Waals surface area contributed by atoms with Crippen molar-refractivity contribution in [1.29, 1.82) is 0 Å². The van der Waals surface area contributed by atoms with Gasteiger partial charge in [-0.3, -0.25) is 9.78 Å². The lowest BCUT2D eigenvalue weighted by molar-refractivity contribution is -0.143. The van der Waals surface area contributed by atoms with Crippen LogP contribution in [0.2, 0.25) is 0 Å². The van der Waals surface area contributed by atoms with Crippen LogP contribution in [0.15, 0.2) is 29.0 Å². The number of morpholine rings is 1. The Morgan fingerprint density at radius 1 is 1.26 bits per heavy atom. The van der Waals surface area contributed by atoms with Crippen molar-refractivity contribution < 1.29 is 14.1 Å². The van der Waals surface area contributed by atoms with Crippen LogP contribution in [-0.4, -0.2) is 51.2 Å². The standard InChI is InChI=1S/C16H20N4O3/c1-11-9-20(10-12(2)22-11)15(21)4-3-14-18-16(19-23-14)13-5-7-17-8-6-13/h5-8,11-12H,3-4,9-10H2,1-2H3/t11-,12-/m0/s1. The summed E-state index contributed by atoms with van der Waals surface area (Å²) in [5.74, 6) is 1.08. The summed E-state index contributed by atoms with van der Waals surface area (Å²) < 4.78 is 10.9. The highest BCUT2D eigenvalue weighted by Crippen LogP contribution is 2.16. The van der Waals surface area contributed by atoms with Crippen LogP contribution in [-0.2, 0) is 16.0 Å². The highest BCUT2D eigenvalue weighted by molar-refractivity contribution is 5.76. The number of nitrogens with zero attached hydrogens (tertiary/aromatic N) is 4. The summed E-state index contributed by atoms with van der Waals surface area (Å²) >= 11 is 0. The summed E-state index contributed by atoms with van der Waals surface area (Å²) in [5, 5.41) is 3.94. The number of pyridine rings is 1. The van der Waals surface area contributed by atoms with Crippen molar-refractivity contribution in [3.8, 4) is 11.4 Å². The molecule has 2 atom stereocenters. The minimum absolute atomic E-state index is 0.0735. The summed E-state index contributed by atoms with van der Waals surface area (Å²) in [7, 11) is 0. The quantitative estimate of drug-likeness (QED) is 0.854. The molecule has 0 aromatic carbocycles. The lowest BCUT2D eigenvalue weighted by Crippen LogP contribution is -2.48. The number of ether oxygens (including phenoxy) is 1. The van der Waals surface area contributed by atoms with E-state index in [1.54, 1.807) is 12.4 Å². The van der Waals surface area contributed by atoms with Gasteiger partial charge in [-0.15, -0.1) is 0 Å². The number of carbonyl (C=O) groups is 1. The molecule has 0 N–H and O–H groups in total. The van der Waals surface area contributed by atoms with Gasteiger partial charge in [0.25, 0.3) is 0 Å². The maximum Gasteiger partial charge on any atom is 0.227 e. The molecule has 0 bridgehead atoms. The zero-order valence-corrected chi connectivity index (χ0v) is 13.3. The summed E-state index contributed by atoms with van der Waals surface area (Å²) in [6.45, 7) is 5.23. The fraction of sp³-hybridized carbons (Fsp3) is 0.500. The number of aryl methyl sites for hydroxylation is 1. The van der Waals surface area contributed by atoms with Crippen molar-refractivity contribution in [3.05, 3.63) is 30.4 Å². The van der Waals surface area contributed by atoms with E-state index in [0.29, 0.717) is 37.6 Å². The Balaban J connectivity index is 1.56. The Bertz CT molecular complexity index is 648. The summed E-state index contributed by atoms with van der Waals surface area (Å²) in [6, 6.07) is 3.63. The van der Waals surface area contributed by atoms with Crippen LogP contribution >= 0.6 is 0 Å². The van der Waals surface area contributed by atoms with Crippen molar-refractivity contribution in [2.24, 2.45) is 0 Å². The lowest BCUT2D eigenvalue weighted by Gasteiger charge is -2.35. The zero-order chi connectivity index (χ0) is 16.2. The van der Waals surface area contributed by atoms with Gasteiger partial charge in [0.1, 0.15) is 0 Å². The first kappa shape index (κ1) is 15.6. The fourth-order valence-corrected chi connectivity index (χ4v) is 2.73. The zero-order valence-electron chi connectivity index (χ0n) is 13.3. The maximum atomic E-state index is 12.3. The van der Waals surface area contributed by atoms with Gasteiger partial charge < -0.3 is 14.2 Å². The van der Waals surface area contributed by atoms with E-state index in [9.17, 15) is 4.79 Å². The molecule has 23 heavy (non-hydrogen) atoms. The Morgan fingerprint density at radius 3 is 2.65 bits per heavy atom. The Labute approximate surface area is 134 Å². The topological polar surface area (TPSA) is 81.4 Å². The van der Waals surface area contributed by atoms with E-state index in [0.717, 1.165) is 5.56 Å². The normalized spacial score (nSPS) is 21.4. The van der Waals surface area contributed by atoms with Crippen molar-refractivity contribution in [2.75, 3.05) is 13.1 Å². The molecule has 0 spiro atoms. The number of aromatic nitrogens is 3. The Morgan fingerprint density at radius 2 is 1.96 bits per heavy atom. The number of hydrogen-bond donors (Lipinski definition) is 0. The molecule has 7 heteroatoms. The van der Waals surface area contributed by atoms with Crippen LogP contribution in [0.5, 0.6) is 0 Å². The average molecular weight is 316 g/mol. The first-order valence-electron chi connectivity index (χ1n) is 7.78. The highest BCUT2D eigenvalue weighted by Gasteiger charge is 2.25. The molecule has 0 aliphatic carbocycles. The number of carbonyl (C=O) groups excluding carboxylic acids is 1. The van der Waals surface area contributed by atoms with Gasteiger partial charge >= 0.3 is 0 Å². The van der Waals surface area contributed by atoms with Crippen LogP contribution in [0.1, 0.15) is 26.2 Å². The second kappa shape index (κ2) is 6.87. The van der Waals surface area contributed by atoms with Crippen LogP contribution in [0.4, 0.5) is 0 Å². The molecule has 3 heterocycles. The van der Waals surface area contributed by atoms with Gasteiger partial charge in [-0.05, 0) is 26.0 Å². The third kappa shape index (κ3) is 3.92. The number of hydrogen-bond acceptors (Lipinski definition) is 6. The van der Waals surface area contributed by atoms with E-state index >= 15 is 0 Å². The van der Waals surface area contributed by atoms with Crippen molar-refractivity contribution in [1.82, 2.24) is 20.0 Å². The summed E-state index contributed by atoms with van der Waals surface area (Å²) in [5.41, 5.74) is 0.845. The Hall–Kier alpha value is -2.28. The van der Waals surface area contributed by atoms with Crippen LogP contribution in [0.3, 0.4) is 0 Å². The van der Waals surface area contributed by atoms with E-state index in [2.05, 4.69) is 15.1 Å².